The Morgan fingerprint density at radius 2 is 2.14 bits per heavy atom. The van der Waals surface area contributed by atoms with Crippen molar-refractivity contribution in [1.29, 1.82) is 0 Å². The number of aromatic nitrogens is 1. The second kappa shape index (κ2) is 11.5. The quantitative estimate of drug-likeness (QED) is 0.598. The molecule has 3 atom stereocenters. The molecular formula is C23H29N3O2S. The third kappa shape index (κ3) is 7.83. The summed E-state index contributed by atoms with van der Waals surface area (Å²) >= 11 is 1.47. The molecule has 3 N–H and O–H groups in total. The Bertz CT molecular complexity index is 790. The van der Waals surface area contributed by atoms with Gasteiger partial charge in [-0.2, -0.15) is 0 Å². The molecule has 154 valence electrons. The van der Waals surface area contributed by atoms with Crippen molar-refractivity contribution in [1.82, 2.24) is 10.3 Å². The second-order valence-corrected chi connectivity index (χ2v) is 8.43. The summed E-state index contributed by atoms with van der Waals surface area (Å²) < 4.78 is 5.36. The van der Waals surface area contributed by atoms with Crippen molar-refractivity contribution in [2.24, 2.45) is 11.7 Å². The molecule has 0 saturated carbocycles. The van der Waals surface area contributed by atoms with Crippen molar-refractivity contribution >= 4 is 17.4 Å². The maximum Gasteiger partial charge on any atom is 0.407 e. The van der Waals surface area contributed by atoms with Crippen LogP contribution in [0.4, 0.5) is 4.79 Å². The van der Waals surface area contributed by atoms with Gasteiger partial charge in [-0.15, -0.1) is 11.3 Å². The molecule has 1 aromatic carbocycles. The molecule has 0 radical (unpaired) electrons. The summed E-state index contributed by atoms with van der Waals surface area (Å²) in [6.45, 7) is 0.246. The Balaban J connectivity index is 1.50. The molecule has 1 aromatic heterocycles. The number of hydrogen-bond donors (Lipinski definition) is 2. The average molecular weight is 412 g/mol. The van der Waals surface area contributed by atoms with Gasteiger partial charge < -0.3 is 15.8 Å². The fourth-order valence-electron chi connectivity index (χ4n) is 3.51. The van der Waals surface area contributed by atoms with Crippen LogP contribution in [0.25, 0.3) is 0 Å². The van der Waals surface area contributed by atoms with Crippen LogP contribution in [0.15, 0.2) is 66.3 Å². The Morgan fingerprint density at radius 1 is 1.28 bits per heavy atom. The number of amides is 1. The Hall–Kier alpha value is -2.44. The van der Waals surface area contributed by atoms with Crippen LogP contribution in [-0.4, -0.2) is 23.2 Å². The molecule has 0 bridgehead atoms. The van der Waals surface area contributed by atoms with Crippen molar-refractivity contribution < 1.29 is 9.53 Å². The number of nitrogens with one attached hydrogen (secondary N) is 1. The van der Waals surface area contributed by atoms with Crippen LogP contribution in [0.5, 0.6) is 0 Å². The maximum absolute atomic E-state index is 12.3. The third-order valence-corrected chi connectivity index (χ3v) is 5.79. The van der Waals surface area contributed by atoms with Gasteiger partial charge in [0.15, 0.2) is 0 Å². The van der Waals surface area contributed by atoms with Crippen molar-refractivity contribution in [2.45, 2.75) is 50.8 Å². The number of benzene rings is 1. The predicted molar refractivity (Wildman–Crippen MR) is 118 cm³/mol. The highest BCUT2D eigenvalue weighted by Crippen LogP contribution is 2.19. The molecule has 2 aromatic rings. The van der Waals surface area contributed by atoms with Crippen LogP contribution >= 0.6 is 11.3 Å². The summed E-state index contributed by atoms with van der Waals surface area (Å²) in [5.74, 6) is 0.514. The molecule has 3 unspecified atom stereocenters. The number of alkyl carbamates (subject to hydrolysis) is 1. The van der Waals surface area contributed by atoms with E-state index in [9.17, 15) is 4.79 Å². The first kappa shape index (κ1) is 21.3. The zero-order chi connectivity index (χ0) is 20.3. The zero-order valence-electron chi connectivity index (χ0n) is 16.6. The SMILES string of the molecule is NC(CCC(Cc1ccccc1)NC(=O)OCc1cncs1)CC1C=CC=CC1. The van der Waals surface area contributed by atoms with E-state index in [-0.39, 0.29) is 18.7 Å². The van der Waals surface area contributed by atoms with E-state index in [2.05, 4.69) is 46.7 Å². The number of rotatable bonds is 10. The first-order chi connectivity index (χ1) is 14.2. The fourth-order valence-corrected chi connectivity index (χ4v) is 4.02. The van der Waals surface area contributed by atoms with E-state index in [1.165, 1.54) is 16.9 Å². The number of nitrogens with zero attached hydrogens (tertiary/aromatic N) is 1. The number of hydrogen-bond acceptors (Lipinski definition) is 5. The highest BCUT2D eigenvalue weighted by molar-refractivity contribution is 7.09. The lowest BCUT2D eigenvalue weighted by molar-refractivity contribution is 0.135. The summed E-state index contributed by atoms with van der Waals surface area (Å²) in [7, 11) is 0. The van der Waals surface area contributed by atoms with Crippen LogP contribution in [0.3, 0.4) is 0 Å². The molecule has 1 aliphatic rings. The van der Waals surface area contributed by atoms with Crippen molar-refractivity contribution in [2.75, 3.05) is 0 Å². The molecule has 1 aliphatic carbocycles. The van der Waals surface area contributed by atoms with E-state index < -0.39 is 6.09 Å². The molecule has 1 heterocycles. The van der Waals surface area contributed by atoms with Gasteiger partial charge in [-0.3, -0.25) is 4.98 Å². The van der Waals surface area contributed by atoms with Gasteiger partial charge in [0.1, 0.15) is 6.61 Å². The van der Waals surface area contributed by atoms with Gasteiger partial charge in [-0.1, -0.05) is 54.6 Å². The maximum atomic E-state index is 12.3. The van der Waals surface area contributed by atoms with Crippen LogP contribution in [0.1, 0.15) is 36.1 Å². The number of carbonyl (C=O) groups is 1. The van der Waals surface area contributed by atoms with Crippen LogP contribution < -0.4 is 11.1 Å². The standard InChI is InChI=1S/C23H29N3O2S/c24-20(13-18-7-3-1-4-8-18)11-12-21(14-19-9-5-2-6-10-19)26-23(27)28-16-22-15-25-17-29-22/h1-7,9-10,15,17-18,20-21H,8,11-14,16,24H2,(H,26,27). The molecule has 0 saturated heterocycles. The number of carbonyl (C=O) groups excluding carboxylic acids is 1. The Morgan fingerprint density at radius 3 is 2.86 bits per heavy atom. The summed E-state index contributed by atoms with van der Waals surface area (Å²) in [6.07, 6.45) is 14.4. The van der Waals surface area contributed by atoms with Gasteiger partial charge in [0.25, 0.3) is 0 Å². The average Bonchev–Trinajstić information content (AvgIpc) is 3.26. The lowest BCUT2D eigenvalue weighted by Crippen LogP contribution is -2.38. The number of allylic oxidation sites excluding steroid dienone is 4. The fraction of sp³-hybridized carbons (Fsp3) is 0.391. The monoisotopic (exact) mass is 411 g/mol. The van der Waals surface area contributed by atoms with Gasteiger partial charge in [0, 0.05) is 18.3 Å². The van der Waals surface area contributed by atoms with E-state index in [4.69, 9.17) is 10.5 Å². The van der Waals surface area contributed by atoms with Gasteiger partial charge >= 0.3 is 6.09 Å². The van der Waals surface area contributed by atoms with E-state index in [0.29, 0.717) is 5.92 Å². The lowest BCUT2D eigenvalue weighted by Gasteiger charge is -2.22. The summed E-state index contributed by atoms with van der Waals surface area (Å²) in [5.41, 5.74) is 9.31. The smallest absolute Gasteiger partial charge is 0.407 e. The molecule has 0 fully saturated rings. The highest BCUT2D eigenvalue weighted by atomic mass is 32.1. The zero-order valence-corrected chi connectivity index (χ0v) is 17.4. The molecule has 0 spiro atoms. The Labute approximate surface area is 176 Å². The minimum Gasteiger partial charge on any atom is -0.444 e. The molecule has 6 heteroatoms. The summed E-state index contributed by atoms with van der Waals surface area (Å²) in [5, 5.41) is 3.03. The normalized spacial score (nSPS) is 17.6. The lowest BCUT2D eigenvalue weighted by atomic mass is 9.90. The molecule has 29 heavy (non-hydrogen) atoms. The Kier molecular flexibility index (Phi) is 8.46. The largest absolute Gasteiger partial charge is 0.444 e. The molecular weight excluding hydrogens is 382 g/mol. The van der Waals surface area contributed by atoms with E-state index in [1.54, 1.807) is 11.7 Å². The first-order valence-corrected chi connectivity index (χ1v) is 11.0. The van der Waals surface area contributed by atoms with Crippen molar-refractivity contribution in [3.63, 3.8) is 0 Å². The topological polar surface area (TPSA) is 77.2 Å². The van der Waals surface area contributed by atoms with Gasteiger partial charge in [0.05, 0.1) is 10.4 Å². The van der Waals surface area contributed by atoms with Crippen LogP contribution in [-0.2, 0) is 17.8 Å². The van der Waals surface area contributed by atoms with Gasteiger partial charge in [-0.05, 0) is 43.6 Å². The third-order valence-electron chi connectivity index (χ3n) is 5.04. The predicted octanol–water partition coefficient (Wildman–Crippen LogP) is 4.61. The van der Waals surface area contributed by atoms with Gasteiger partial charge in [-0.25, -0.2) is 4.79 Å². The first-order valence-electron chi connectivity index (χ1n) is 10.1. The molecule has 0 aliphatic heterocycles. The number of nitrogens with two attached hydrogens (primary N) is 1. The van der Waals surface area contributed by atoms with E-state index >= 15 is 0 Å². The summed E-state index contributed by atoms with van der Waals surface area (Å²) in [6, 6.07) is 10.3. The van der Waals surface area contributed by atoms with Crippen LogP contribution in [0, 0.1) is 5.92 Å². The second-order valence-electron chi connectivity index (χ2n) is 7.46. The minimum absolute atomic E-state index is 0.0146. The summed E-state index contributed by atoms with van der Waals surface area (Å²) in [4.78, 5) is 17.2. The number of ether oxygens (including phenoxy) is 1. The molecule has 1 amide bonds. The number of thiazole rings is 1. The van der Waals surface area contributed by atoms with Gasteiger partial charge in [0.2, 0.25) is 0 Å². The van der Waals surface area contributed by atoms with Crippen LogP contribution in [0.2, 0.25) is 0 Å². The molecule has 5 nitrogen and oxygen atoms in total. The minimum atomic E-state index is -0.395. The van der Waals surface area contributed by atoms with E-state index in [0.717, 1.165) is 37.0 Å². The highest BCUT2D eigenvalue weighted by Gasteiger charge is 2.18. The molecule has 3 rings (SSSR count). The van der Waals surface area contributed by atoms with E-state index in [1.807, 2.05) is 18.2 Å². The van der Waals surface area contributed by atoms with Crippen molar-refractivity contribution in [3.05, 3.63) is 76.8 Å². The van der Waals surface area contributed by atoms with Crippen molar-refractivity contribution in [3.8, 4) is 0 Å².